The summed E-state index contributed by atoms with van der Waals surface area (Å²) in [6, 6.07) is 104. The molecular weight excluding hydrogens is 1600 g/mol. The fraction of sp³-hybridized carbons (Fsp3) is 0.221. The van der Waals surface area contributed by atoms with Gasteiger partial charge >= 0.3 is 0 Å². The SMILES string of the molecule is CC(O)Cn1cc(C(=O)NCCC(c2ccccc2)c2ccccc2)ccc1=O.O=C(NCCC(c1ccccc1)c1ccccc1)c1ccc(=O)n(CC(=O)N2CCOCC2)c1.O=C(NCCC(c1ccccc1)c1ccccc1)c1ccc(=O)n(CCc2ccccc2)c1.O=C(NCCC(c1ccccc1)c1ccccc1)c1ccc(=O)n(Cc2ncon2)c1. The van der Waals surface area contributed by atoms with Crippen molar-refractivity contribution in [2.75, 3.05) is 52.5 Å². The van der Waals surface area contributed by atoms with Crippen LogP contribution in [0.3, 0.4) is 0 Å². The quantitative estimate of drug-likeness (QED) is 0.0256. The Bertz CT molecular complexity index is 5850. The van der Waals surface area contributed by atoms with Gasteiger partial charge in [0.05, 0.1) is 54.7 Å². The molecule has 1 fully saturated rings. The van der Waals surface area contributed by atoms with Crippen molar-refractivity contribution in [2.45, 2.75) is 95.0 Å². The lowest BCUT2D eigenvalue weighted by atomic mass is 9.88. The number of ether oxygens (including phenoxy) is 1. The fourth-order valence-electron chi connectivity index (χ4n) is 15.2. The Balaban J connectivity index is 0.000000154. The molecule has 1 atom stereocenters. The highest BCUT2D eigenvalue weighted by Gasteiger charge is 2.23. The molecule has 0 radical (unpaired) electrons. The minimum absolute atomic E-state index is 0.0932. The van der Waals surface area contributed by atoms with E-state index in [1.165, 1.54) is 126 Å². The molecule has 5 amide bonds. The van der Waals surface area contributed by atoms with Crippen molar-refractivity contribution in [3.05, 3.63) is 472 Å². The van der Waals surface area contributed by atoms with E-state index in [4.69, 9.17) is 9.26 Å². The van der Waals surface area contributed by atoms with Crippen LogP contribution in [0.5, 0.6) is 0 Å². The molecule has 0 spiro atoms. The van der Waals surface area contributed by atoms with E-state index in [-0.39, 0.29) is 95.1 Å². The normalized spacial score (nSPS) is 11.8. The maximum Gasteiger partial charge on any atom is 0.252 e. The van der Waals surface area contributed by atoms with E-state index in [1.54, 1.807) is 28.7 Å². The molecule has 23 nitrogen and oxygen atoms in total. The topological polar surface area (TPSA) is 293 Å². The first kappa shape index (κ1) is 91.4. The summed E-state index contributed by atoms with van der Waals surface area (Å²) < 4.78 is 15.6. The van der Waals surface area contributed by atoms with Gasteiger partial charge in [0.25, 0.3) is 45.9 Å². The van der Waals surface area contributed by atoms with Gasteiger partial charge in [-0.3, -0.25) is 43.2 Å². The summed E-state index contributed by atoms with van der Waals surface area (Å²) in [4.78, 5) is 117. The number of aromatic nitrogens is 6. The summed E-state index contributed by atoms with van der Waals surface area (Å²) in [6.07, 6.45) is 10.4. The zero-order valence-corrected chi connectivity index (χ0v) is 71.0. The molecule has 648 valence electrons. The number of rotatable bonds is 33. The van der Waals surface area contributed by atoms with E-state index in [0.29, 0.717) is 87.1 Å². The van der Waals surface area contributed by atoms with Crippen LogP contribution in [0.4, 0.5) is 0 Å². The number of aliphatic hydroxyl groups excluding tert-OH is 1. The van der Waals surface area contributed by atoms with E-state index in [1.807, 2.05) is 176 Å². The largest absolute Gasteiger partial charge is 0.392 e. The second-order valence-electron chi connectivity index (χ2n) is 30.7. The average Bonchev–Trinajstić information content (AvgIpc) is 1.85. The molecule has 0 aliphatic carbocycles. The zero-order chi connectivity index (χ0) is 88.7. The van der Waals surface area contributed by atoms with Gasteiger partial charge in [0.15, 0.2) is 5.82 Å². The number of pyridine rings is 4. The summed E-state index contributed by atoms with van der Waals surface area (Å²) >= 11 is 0. The molecule has 0 bridgehead atoms. The van der Waals surface area contributed by atoms with E-state index < -0.39 is 6.10 Å². The molecule has 5 N–H and O–H groups in total. The molecule has 127 heavy (non-hydrogen) atoms. The number of carbonyl (C=O) groups excluding carboxylic acids is 5. The third kappa shape index (κ3) is 28.1. The minimum atomic E-state index is -0.663. The number of amides is 5. The van der Waals surface area contributed by atoms with Gasteiger partial charge in [-0.25, -0.2) is 0 Å². The maximum absolute atomic E-state index is 12.8. The molecule has 1 saturated heterocycles. The van der Waals surface area contributed by atoms with Gasteiger partial charge < -0.3 is 58.8 Å². The van der Waals surface area contributed by atoms with Crippen LogP contribution in [-0.4, -0.2) is 127 Å². The van der Waals surface area contributed by atoms with Crippen LogP contribution in [0.25, 0.3) is 0 Å². The number of morpholine rings is 1. The van der Waals surface area contributed by atoms with Gasteiger partial charge in [-0.05, 0) is 113 Å². The molecule has 1 aliphatic rings. The second kappa shape index (κ2) is 48.3. The average molecular weight is 1700 g/mol. The summed E-state index contributed by atoms with van der Waals surface area (Å²) in [5.74, 6) is 0.0265. The molecule has 6 heterocycles. The monoisotopic (exact) mass is 1700 g/mol. The third-order valence-corrected chi connectivity index (χ3v) is 21.8. The lowest BCUT2D eigenvalue weighted by Gasteiger charge is -2.27. The smallest absolute Gasteiger partial charge is 0.252 e. The van der Waals surface area contributed by atoms with Crippen molar-refractivity contribution in [1.82, 2.24) is 54.6 Å². The third-order valence-electron chi connectivity index (χ3n) is 21.8. The fourth-order valence-corrected chi connectivity index (χ4v) is 15.2. The van der Waals surface area contributed by atoms with Gasteiger partial charge in [-0.2, -0.15) is 4.98 Å². The Labute approximate surface area is 738 Å². The van der Waals surface area contributed by atoms with Gasteiger partial charge in [-0.15, -0.1) is 0 Å². The number of nitrogens with one attached hydrogen (secondary N) is 4. The van der Waals surface area contributed by atoms with Crippen molar-refractivity contribution < 1.29 is 38.3 Å². The molecular formula is C104H105N11O12. The zero-order valence-electron chi connectivity index (χ0n) is 71.0. The Morgan fingerprint density at radius 1 is 0.362 bits per heavy atom. The molecule has 0 saturated carbocycles. The van der Waals surface area contributed by atoms with Crippen molar-refractivity contribution in [1.29, 1.82) is 0 Å². The van der Waals surface area contributed by atoms with Crippen LogP contribution in [0.1, 0.15) is 154 Å². The van der Waals surface area contributed by atoms with Crippen molar-refractivity contribution >= 4 is 29.5 Å². The number of hydrogen-bond acceptors (Lipinski definition) is 14. The van der Waals surface area contributed by atoms with Crippen LogP contribution in [0, 0.1) is 0 Å². The highest BCUT2D eigenvalue weighted by molar-refractivity contribution is 5.95. The van der Waals surface area contributed by atoms with Crippen LogP contribution in [0.2, 0.25) is 0 Å². The molecule has 15 rings (SSSR count). The lowest BCUT2D eigenvalue weighted by molar-refractivity contribution is -0.135. The summed E-state index contributed by atoms with van der Waals surface area (Å²) in [5.41, 5.74) is 11.6. The van der Waals surface area contributed by atoms with Crippen LogP contribution in [-0.2, 0) is 42.1 Å². The van der Waals surface area contributed by atoms with Crippen molar-refractivity contribution in [2.24, 2.45) is 0 Å². The first-order chi connectivity index (χ1) is 62.1. The lowest BCUT2D eigenvalue weighted by Crippen LogP contribution is -2.43. The van der Waals surface area contributed by atoms with E-state index in [2.05, 4.69) is 128 Å². The number of nitrogens with zero attached hydrogens (tertiary/aromatic N) is 7. The van der Waals surface area contributed by atoms with E-state index >= 15 is 0 Å². The molecule has 1 unspecified atom stereocenters. The first-order valence-electron chi connectivity index (χ1n) is 42.7. The number of aliphatic hydroxyl groups is 1. The Morgan fingerprint density at radius 3 is 0.961 bits per heavy atom. The van der Waals surface area contributed by atoms with Gasteiger partial charge in [0.2, 0.25) is 12.3 Å². The van der Waals surface area contributed by atoms with E-state index in [9.17, 15) is 48.3 Å². The second-order valence-corrected chi connectivity index (χ2v) is 30.7. The standard InChI is InChI=1S/C29H28N2O2.C27H29N3O4.C24H22N4O3.C24H26N2O3/c32-28-17-16-26(22-31(28)21-19-23-10-4-1-5-11-23)29(33)30-20-18-27(24-12-6-2-7-13-24)25-14-8-3-9-15-25;31-25-12-11-23(19-30(25)20-26(32)29-15-17-34-18-16-29)27(33)28-14-13-24(21-7-3-1-4-8-21)22-9-5-2-6-10-22;29-23-12-11-20(15-28(23)16-22-26-17-31-27-22)24(30)25-14-13-21(18-7-3-1-4-8-18)19-9-5-2-6-10-19;1-18(27)16-26-17-21(12-13-23(26)28)24(29)25-15-14-22(19-8-4-2-5-9-19)20-10-6-3-7-11-20/h1-17,22,27H,18-21H2,(H,30,33);1-12,19,24H,13-18,20H2,(H,28,33);1-12,15,17,21H,13-14,16H2,(H,25,30);2-13,17-18,22,27H,14-16H2,1H3,(H,25,29). The van der Waals surface area contributed by atoms with E-state index in [0.717, 1.165) is 37.7 Å². The Morgan fingerprint density at radius 2 is 0.646 bits per heavy atom. The summed E-state index contributed by atoms with van der Waals surface area (Å²) in [6.45, 7) is 6.37. The van der Waals surface area contributed by atoms with Crippen molar-refractivity contribution in [3.63, 3.8) is 0 Å². The van der Waals surface area contributed by atoms with Crippen molar-refractivity contribution in [3.8, 4) is 0 Å². The number of hydrogen-bond donors (Lipinski definition) is 5. The predicted octanol–water partition coefficient (Wildman–Crippen LogP) is 14.1. The molecule has 5 aromatic heterocycles. The van der Waals surface area contributed by atoms with Crippen LogP contribution in [0.15, 0.2) is 376 Å². The molecule has 23 heteroatoms. The number of carbonyl (C=O) groups is 5. The predicted molar refractivity (Wildman–Crippen MR) is 492 cm³/mol. The van der Waals surface area contributed by atoms with Crippen LogP contribution < -0.4 is 43.5 Å². The number of benzene rings is 9. The summed E-state index contributed by atoms with van der Waals surface area (Å²) in [7, 11) is 0. The van der Waals surface area contributed by atoms with Gasteiger partial charge in [-0.1, -0.05) is 278 Å². The maximum atomic E-state index is 12.8. The van der Waals surface area contributed by atoms with Crippen LogP contribution >= 0.6 is 0 Å². The van der Waals surface area contributed by atoms with Gasteiger partial charge in [0, 0.05) is 119 Å². The first-order valence-corrected chi connectivity index (χ1v) is 42.7. The van der Waals surface area contributed by atoms with Gasteiger partial charge in [0.1, 0.15) is 6.54 Å². The highest BCUT2D eigenvalue weighted by Crippen LogP contribution is 2.32. The highest BCUT2D eigenvalue weighted by atomic mass is 16.5. The minimum Gasteiger partial charge on any atom is -0.392 e. The number of aryl methyl sites for hydroxylation is 2. The summed E-state index contributed by atoms with van der Waals surface area (Å²) in [5, 5.41) is 25.1. The Kier molecular flexibility index (Phi) is 34.8. The molecule has 9 aromatic carbocycles. The molecule has 1 aliphatic heterocycles. The molecule has 14 aromatic rings. The Hall–Kier alpha value is -14.8.